The highest BCUT2D eigenvalue weighted by Crippen LogP contribution is 2.28. The SMILES string of the molecule is CC(=O)NC1CCC(S(=O)(=O)N2CCN(C(C)(C)C)CC2)CC1. The summed E-state index contributed by atoms with van der Waals surface area (Å²) in [6.45, 7) is 10.8. The second kappa shape index (κ2) is 7.07. The Hall–Kier alpha value is -0.660. The number of nitrogens with zero attached hydrogens (tertiary/aromatic N) is 2. The van der Waals surface area contributed by atoms with Crippen LogP contribution in [0.4, 0.5) is 0 Å². The summed E-state index contributed by atoms with van der Waals surface area (Å²) in [5.74, 6) is -0.0328. The predicted molar refractivity (Wildman–Crippen MR) is 91.7 cm³/mol. The Morgan fingerprint density at radius 2 is 1.52 bits per heavy atom. The van der Waals surface area contributed by atoms with Gasteiger partial charge in [-0.25, -0.2) is 8.42 Å². The highest BCUT2D eigenvalue weighted by atomic mass is 32.2. The molecule has 1 amide bonds. The number of carbonyl (C=O) groups excluding carboxylic acids is 1. The molecule has 1 aliphatic heterocycles. The molecule has 2 rings (SSSR count). The predicted octanol–water partition coefficient (Wildman–Crippen LogP) is 1.18. The van der Waals surface area contributed by atoms with E-state index in [9.17, 15) is 13.2 Å². The fourth-order valence-electron chi connectivity index (χ4n) is 3.62. The van der Waals surface area contributed by atoms with Gasteiger partial charge in [-0.3, -0.25) is 9.69 Å². The normalized spacial score (nSPS) is 28.5. The largest absolute Gasteiger partial charge is 0.354 e. The molecule has 0 atom stereocenters. The molecule has 134 valence electrons. The van der Waals surface area contributed by atoms with Crippen LogP contribution in [0.1, 0.15) is 53.4 Å². The van der Waals surface area contributed by atoms with Crippen molar-refractivity contribution in [3.8, 4) is 0 Å². The molecule has 0 unspecified atom stereocenters. The van der Waals surface area contributed by atoms with Crippen molar-refractivity contribution in [3.05, 3.63) is 0 Å². The second-order valence-corrected chi connectivity index (χ2v) is 9.99. The summed E-state index contributed by atoms with van der Waals surface area (Å²) in [7, 11) is -3.21. The van der Waals surface area contributed by atoms with Crippen molar-refractivity contribution in [2.75, 3.05) is 26.2 Å². The first-order chi connectivity index (χ1) is 10.6. The molecule has 2 fully saturated rings. The highest BCUT2D eigenvalue weighted by Gasteiger charge is 2.38. The Morgan fingerprint density at radius 1 is 1.00 bits per heavy atom. The maximum atomic E-state index is 12.8. The van der Waals surface area contributed by atoms with E-state index in [1.54, 1.807) is 4.31 Å². The molecule has 0 bridgehead atoms. The molecule has 23 heavy (non-hydrogen) atoms. The molecule has 1 aliphatic carbocycles. The van der Waals surface area contributed by atoms with Gasteiger partial charge in [0.15, 0.2) is 0 Å². The number of hydrogen-bond acceptors (Lipinski definition) is 4. The molecule has 1 saturated heterocycles. The topological polar surface area (TPSA) is 69.7 Å². The molecule has 0 aromatic rings. The van der Waals surface area contributed by atoms with E-state index >= 15 is 0 Å². The van der Waals surface area contributed by atoms with E-state index in [0.717, 1.165) is 25.9 Å². The summed E-state index contributed by atoms with van der Waals surface area (Å²) >= 11 is 0. The third-order valence-corrected chi connectivity index (χ3v) is 7.45. The van der Waals surface area contributed by atoms with Gasteiger partial charge in [0.2, 0.25) is 15.9 Å². The first-order valence-corrected chi connectivity index (χ1v) is 10.1. The maximum Gasteiger partial charge on any atom is 0.217 e. The van der Waals surface area contributed by atoms with E-state index in [1.807, 2.05) is 0 Å². The number of piperazine rings is 1. The summed E-state index contributed by atoms with van der Waals surface area (Å²) < 4.78 is 27.4. The summed E-state index contributed by atoms with van der Waals surface area (Å²) in [6, 6.07) is 0.136. The van der Waals surface area contributed by atoms with E-state index in [-0.39, 0.29) is 22.7 Å². The summed E-state index contributed by atoms with van der Waals surface area (Å²) in [6.07, 6.45) is 2.80. The quantitative estimate of drug-likeness (QED) is 0.834. The van der Waals surface area contributed by atoms with Gasteiger partial charge in [0, 0.05) is 44.7 Å². The monoisotopic (exact) mass is 345 g/mol. The van der Waals surface area contributed by atoms with Gasteiger partial charge >= 0.3 is 0 Å². The molecular formula is C16H31N3O3S. The van der Waals surface area contributed by atoms with Crippen LogP contribution in [0.5, 0.6) is 0 Å². The van der Waals surface area contributed by atoms with Crippen molar-refractivity contribution in [2.24, 2.45) is 0 Å². The van der Waals surface area contributed by atoms with E-state index in [2.05, 4.69) is 31.0 Å². The first-order valence-electron chi connectivity index (χ1n) is 8.62. The fourth-order valence-corrected chi connectivity index (χ4v) is 5.58. The van der Waals surface area contributed by atoms with Crippen LogP contribution in [-0.4, -0.2) is 66.5 Å². The van der Waals surface area contributed by atoms with Crippen molar-refractivity contribution in [1.82, 2.24) is 14.5 Å². The Labute approximate surface area is 140 Å². The smallest absolute Gasteiger partial charge is 0.217 e. The van der Waals surface area contributed by atoms with Crippen LogP contribution in [0.2, 0.25) is 0 Å². The second-order valence-electron chi connectivity index (χ2n) is 7.78. The van der Waals surface area contributed by atoms with Gasteiger partial charge in [-0.2, -0.15) is 4.31 Å². The van der Waals surface area contributed by atoms with Crippen molar-refractivity contribution in [1.29, 1.82) is 0 Å². The van der Waals surface area contributed by atoms with Gasteiger partial charge in [0.05, 0.1) is 5.25 Å². The van der Waals surface area contributed by atoms with Crippen LogP contribution in [-0.2, 0) is 14.8 Å². The molecule has 0 spiro atoms. The average molecular weight is 346 g/mol. The van der Waals surface area contributed by atoms with Gasteiger partial charge in [0.25, 0.3) is 0 Å². The minimum Gasteiger partial charge on any atom is -0.354 e. The number of sulfonamides is 1. The third-order valence-electron chi connectivity index (χ3n) is 5.05. The molecule has 1 N–H and O–H groups in total. The number of nitrogens with one attached hydrogen (secondary N) is 1. The van der Waals surface area contributed by atoms with Gasteiger partial charge in [-0.05, 0) is 46.5 Å². The van der Waals surface area contributed by atoms with E-state index in [1.165, 1.54) is 6.92 Å². The molecule has 0 aromatic heterocycles. The molecule has 1 heterocycles. The Kier molecular flexibility index (Phi) is 5.74. The standard InChI is InChI=1S/C16H31N3O3S/c1-13(20)17-14-5-7-15(8-6-14)23(21,22)19-11-9-18(10-12-19)16(2,3)4/h14-15H,5-12H2,1-4H3,(H,17,20). The number of hydrogen-bond donors (Lipinski definition) is 1. The molecule has 2 aliphatic rings. The lowest BCUT2D eigenvalue weighted by molar-refractivity contribution is -0.119. The average Bonchev–Trinajstić information content (AvgIpc) is 2.46. The first kappa shape index (κ1) is 18.7. The zero-order valence-corrected chi connectivity index (χ0v) is 15.7. The van der Waals surface area contributed by atoms with Crippen LogP contribution in [0.15, 0.2) is 0 Å². The number of rotatable bonds is 3. The summed E-state index contributed by atoms with van der Waals surface area (Å²) in [5, 5.41) is 2.62. The minimum absolute atomic E-state index is 0.0328. The zero-order chi connectivity index (χ0) is 17.3. The third kappa shape index (κ3) is 4.67. The van der Waals surface area contributed by atoms with Crippen LogP contribution in [0.3, 0.4) is 0 Å². The van der Waals surface area contributed by atoms with E-state index in [4.69, 9.17) is 0 Å². The van der Waals surface area contributed by atoms with Crippen molar-refractivity contribution in [3.63, 3.8) is 0 Å². The van der Waals surface area contributed by atoms with E-state index in [0.29, 0.717) is 25.9 Å². The number of carbonyl (C=O) groups is 1. The van der Waals surface area contributed by atoms with E-state index < -0.39 is 10.0 Å². The van der Waals surface area contributed by atoms with Gasteiger partial charge in [0.1, 0.15) is 0 Å². The molecule has 6 nitrogen and oxygen atoms in total. The van der Waals surface area contributed by atoms with Crippen molar-refractivity contribution < 1.29 is 13.2 Å². The van der Waals surface area contributed by atoms with Crippen LogP contribution >= 0.6 is 0 Å². The zero-order valence-electron chi connectivity index (χ0n) is 14.8. The molecule has 0 radical (unpaired) electrons. The lowest BCUT2D eigenvalue weighted by Gasteiger charge is -2.43. The Morgan fingerprint density at radius 3 is 1.96 bits per heavy atom. The molecular weight excluding hydrogens is 314 g/mol. The van der Waals surface area contributed by atoms with Gasteiger partial charge < -0.3 is 5.32 Å². The van der Waals surface area contributed by atoms with Gasteiger partial charge in [-0.1, -0.05) is 0 Å². The fraction of sp³-hybridized carbons (Fsp3) is 0.938. The van der Waals surface area contributed by atoms with Crippen molar-refractivity contribution in [2.45, 2.75) is 70.2 Å². The lowest BCUT2D eigenvalue weighted by atomic mass is 9.95. The highest BCUT2D eigenvalue weighted by molar-refractivity contribution is 7.89. The summed E-state index contributed by atoms with van der Waals surface area (Å²) in [5.41, 5.74) is 0.0896. The summed E-state index contributed by atoms with van der Waals surface area (Å²) in [4.78, 5) is 13.4. The molecule has 1 saturated carbocycles. The minimum atomic E-state index is -3.21. The maximum absolute atomic E-state index is 12.8. The van der Waals surface area contributed by atoms with Crippen LogP contribution in [0.25, 0.3) is 0 Å². The molecule has 0 aromatic carbocycles. The van der Waals surface area contributed by atoms with Crippen LogP contribution in [0, 0.1) is 0 Å². The van der Waals surface area contributed by atoms with Gasteiger partial charge in [-0.15, -0.1) is 0 Å². The van der Waals surface area contributed by atoms with Crippen molar-refractivity contribution >= 4 is 15.9 Å². The lowest BCUT2D eigenvalue weighted by Crippen LogP contribution is -2.56. The van der Waals surface area contributed by atoms with Crippen LogP contribution < -0.4 is 5.32 Å². The Balaban J connectivity index is 1.90. The Bertz CT molecular complexity index is 511. The molecule has 7 heteroatoms. The number of amides is 1.